The molecule has 2 heterocycles. The third kappa shape index (κ3) is 3.09. The molecule has 1 aromatic heterocycles. The molecule has 1 fully saturated rings. The Kier molecular flexibility index (Phi) is 4.72. The minimum atomic E-state index is 0.0183. The van der Waals surface area contributed by atoms with E-state index in [4.69, 9.17) is 9.72 Å². The highest BCUT2D eigenvalue weighted by molar-refractivity contribution is 7.09. The predicted octanol–water partition coefficient (Wildman–Crippen LogP) is 1.61. The number of nitrogens with one attached hydrogen (secondary N) is 1. The van der Waals surface area contributed by atoms with Crippen LogP contribution < -0.4 is 5.32 Å². The molecular weight excluding hydrogens is 246 g/mol. The molecule has 0 saturated carbocycles. The first-order valence-corrected chi connectivity index (χ1v) is 7.39. The lowest BCUT2D eigenvalue weighted by Crippen LogP contribution is -2.54. The van der Waals surface area contributed by atoms with E-state index in [2.05, 4.69) is 29.6 Å². The quantitative estimate of drug-likeness (QED) is 0.824. The fraction of sp³-hybridized carbons (Fsp3) is 0.769. The highest BCUT2D eigenvalue weighted by Crippen LogP contribution is 2.33. The molecule has 0 radical (unpaired) electrons. The summed E-state index contributed by atoms with van der Waals surface area (Å²) >= 11 is 1.77. The second-order valence-corrected chi connectivity index (χ2v) is 6.00. The molecule has 1 aliphatic heterocycles. The van der Waals surface area contributed by atoms with Gasteiger partial charge in [0, 0.05) is 31.3 Å². The molecule has 0 aromatic carbocycles. The van der Waals surface area contributed by atoms with E-state index in [9.17, 15) is 0 Å². The van der Waals surface area contributed by atoms with Crippen molar-refractivity contribution < 1.29 is 4.74 Å². The van der Waals surface area contributed by atoms with E-state index in [0.29, 0.717) is 0 Å². The van der Waals surface area contributed by atoms with Gasteiger partial charge in [-0.05, 0) is 33.4 Å². The van der Waals surface area contributed by atoms with Crippen molar-refractivity contribution in [1.82, 2.24) is 15.2 Å². The second-order valence-electron chi connectivity index (χ2n) is 5.14. The summed E-state index contributed by atoms with van der Waals surface area (Å²) in [4.78, 5) is 7.10. The third-order valence-electron chi connectivity index (χ3n) is 3.48. The third-order valence-corrected chi connectivity index (χ3v) is 4.65. The molecule has 1 N–H and O–H groups in total. The molecule has 102 valence electrons. The Morgan fingerprint density at radius 1 is 1.61 bits per heavy atom. The molecule has 1 unspecified atom stereocenters. The van der Waals surface area contributed by atoms with Gasteiger partial charge >= 0.3 is 0 Å². The Labute approximate surface area is 113 Å². The standard InChI is InChI=1S/C13H23N3OS/c1-11-9-18-12(15-11)13(14-6-8-17-3)5-4-7-16(2)10-13/h9,14H,4-8,10H2,1-3H3. The van der Waals surface area contributed by atoms with Gasteiger partial charge in [0.05, 0.1) is 12.1 Å². The maximum absolute atomic E-state index is 5.15. The number of rotatable bonds is 5. The molecule has 1 saturated heterocycles. The zero-order valence-electron chi connectivity index (χ0n) is 11.5. The van der Waals surface area contributed by atoms with Crippen LogP contribution in [0.1, 0.15) is 23.5 Å². The monoisotopic (exact) mass is 269 g/mol. The van der Waals surface area contributed by atoms with Crippen molar-refractivity contribution in [3.63, 3.8) is 0 Å². The molecule has 0 spiro atoms. The molecule has 1 aromatic rings. The van der Waals surface area contributed by atoms with Crippen LogP contribution in [0.2, 0.25) is 0 Å². The average molecular weight is 269 g/mol. The predicted molar refractivity (Wildman–Crippen MR) is 75.1 cm³/mol. The van der Waals surface area contributed by atoms with Gasteiger partial charge in [-0.25, -0.2) is 4.98 Å². The number of hydrogen-bond donors (Lipinski definition) is 1. The molecule has 18 heavy (non-hydrogen) atoms. The number of aryl methyl sites for hydroxylation is 1. The Hall–Kier alpha value is -0.490. The normalized spacial score (nSPS) is 25.5. The molecule has 0 aliphatic carbocycles. The van der Waals surface area contributed by atoms with Crippen molar-refractivity contribution in [2.75, 3.05) is 40.4 Å². The van der Waals surface area contributed by atoms with Crippen LogP contribution in [0.15, 0.2) is 5.38 Å². The molecule has 2 rings (SSSR count). The Morgan fingerprint density at radius 3 is 3.06 bits per heavy atom. The first kappa shape index (κ1) is 13.9. The summed E-state index contributed by atoms with van der Waals surface area (Å²) in [6.07, 6.45) is 2.38. The SMILES string of the molecule is COCCNC1(c2nc(C)cs2)CCCN(C)C1. The molecular formula is C13H23N3OS. The summed E-state index contributed by atoms with van der Waals surface area (Å²) in [6.45, 7) is 5.90. The Balaban J connectivity index is 2.16. The molecule has 0 amide bonds. The topological polar surface area (TPSA) is 37.4 Å². The van der Waals surface area contributed by atoms with Gasteiger partial charge in [-0.15, -0.1) is 11.3 Å². The molecule has 4 nitrogen and oxygen atoms in total. The van der Waals surface area contributed by atoms with Gasteiger partial charge in [-0.3, -0.25) is 0 Å². The number of ether oxygens (including phenoxy) is 1. The van der Waals surface area contributed by atoms with Crippen molar-refractivity contribution in [2.24, 2.45) is 0 Å². The van der Waals surface area contributed by atoms with E-state index in [1.807, 2.05) is 0 Å². The summed E-state index contributed by atoms with van der Waals surface area (Å²) in [5.74, 6) is 0. The highest BCUT2D eigenvalue weighted by atomic mass is 32.1. The van der Waals surface area contributed by atoms with Crippen LogP contribution in [-0.4, -0.2) is 50.3 Å². The number of likely N-dealkylation sites (tertiary alicyclic amines) is 1. The van der Waals surface area contributed by atoms with Crippen LogP contribution in [0, 0.1) is 6.92 Å². The molecule has 1 aliphatic rings. The highest BCUT2D eigenvalue weighted by Gasteiger charge is 2.37. The summed E-state index contributed by atoms with van der Waals surface area (Å²) < 4.78 is 5.15. The van der Waals surface area contributed by atoms with E-state index in [1.165, 1.54) is 18.0 Å². The zero-order chi connectivity index (χ0) is 13.0. The molecule has 5 heteroatoms. The van der Waals surface area contributed by atoms with Gasteiger partial charge in [0.15, 0.2) is 0 Å². The smallest absolute Gasteiger partial charge is 0.114 e. The zero-order valence-corrected chi connectivity index (χ0v) is 12.3. The summed E-state index contributed by atoms with van der Waals surface area (Å²) in [6, 6.07) is 0. The van der Waals surface area contributed by atoms with Crippen LogP contribution in [0.4, 0.5) is 0 Å². The Morgan fingerprint density at radius 2 is 2.44 bits per heavy atom. The lowest BCUT2D eigenvalue weighted by molar-refractivity contribution is 0.125. The molecule has 0 bridgehead atoms. The van der Waals surface area contributed by atoms with Crippen molar-refractivity contribution in [3.05, 3.63) is 16.1 Å². The summed E-state index contributed by atoms with van der Waals surface area (Å²) in [5, 5.41) is 7.04. The first-order valence-electron chi connectivity index (χ1n) is 6.51. The maximum Gasteiger partial charge on any atom is 0.114 e. The first-order chi connectivity index (χ1) is 8.66. The van der Waals surface area contributed by atoms with Crippen LogP contribution >= 0.6 is 11.3 Å². The largest absolute Gasteiger partial charge is 0.383 e. The van der Waals surface area contributed by atoms with Crippen molar-refractivity contribution in [3.8, 4) is 0 Å². The summed E-state index contributed by atoms with van der Waals surface area (Å²) in [5.41, 5.74) is 1.14. The fourth-order valence-electron chi connectivity index (χ4n) is 2.63. The number of methoxy groups -OCH3 is 1. The summed E-state index contributed by atoms with van der Waals surface area (Å²) in [7, 11) is 3.93. The number of nitrogens with zero attached hydrogens (tertiary/aromatic N) is 2. The van der Waals surface area contributed by atoms with E-state index < -0.39 is 0 Å². The van der Waals surface area contributed by atoms with Gasteiger partial charge in [0.1, 0.15) is 5.01 Å². The fourth-order valence-corrected chi connectivity index (χ4v) is 3.63. The number of piperidine rings is 1. The Bertz CT molecular complexity index is 382. The van der Waals surface area contributed by atoms with E-state index >= 15 is 0 Å². The van der Waals surface area contributed by atoms with Crippen molar-refractivity contribution >= 4 is 11.3 Å². The number of likely N-dealkylation sites (N-methyl/N-ethyl adjacent to an activating group) is 1. The lowest BCUT2D eigenvalue weighted by Gasteiger charge is -2.41. The van der Waals surface area contributed by atoms with E-state index in [1.54, 1.807) is 18.4 Å². The second kappa shape index (κ2) is 6.10. The average Bonchev–Trinajstić information content (AvgIpc) is 2.77. The van der Waals surface area contributed by atoms with Crippen LogP contribution in [0.25, 0.3) is 0 Å². The lowest BCUT2D eigenvalue weighted by atomic mass is 9.89. The number of aromatic nitrogens is 1. The van der Waals surface area contributed by atoms with Gasteiger partial charge in [0.2, 0.25) is 0 Å². The van der Waals surface area contributed by atoms with Crippen molar-refractivity contribution in [1.29, 1.82) is 0 Å². The van der Waals surface area contributed by atoms with Crippen LogP contribution in [-0.2, 0) is 10.3 Å². The van der Waals surface area contributed by atoms with Gasteiger partial charge in [-0.2, -0.15) is 0 Å². The van der Waals surface area contributed by atoms with Crippen molar-refractivity contribution in [2.45, 2.75) is 25.3 Å². The minimum absolute atomic E-state index is 0.0183. The van der Waals surface area contributed by atoms with Crippen LogP contribution in [0.5, 0.6) is 0 Å². The van der Waals surface area contributed by atoms with Gasteiger partial charge in [0.25, 0.3) is 0 Å². The van der Waals surface area contributed by atoms with Gasteiger partial charge < -0.3 is 15.0 Å². The molecule has 1 atom stereocenters. The van der Waals surface area contributed by atoms with Crippen LogP contribution in [0.3, 0.4) is 0 Å². The van der Waals surface area contributed by atoms with E-state index in [0.717, 1.165) is 31.8 Å². The number of hydrogen-bond acceptors (Lipinski definition) is 5. The number of thiazole rings is 1. The minimum Gasteiger partial charge on any atom is -0.383 e. The van der Waals surface area contributed by atoms with E-state index in [-0.39, 0.29) is 5.54 Å². The van der Waals surface area contributed by atoms with Gasteiger partial charge in [-0.1, -0.05) is 0 Å². The maximum atomic E-state index is 5.15.